The first-order chi connectivity index (χ1) is 10.8. The standard InChI is InChI=1S/C19H31N3O/c1-14-10-15(2)12-22(11-14)13-16(3)20-19(23)17-6-8-18(9-7-17)21(4)5/h6-9,14-16H,10-13H2,1-5H3,(H,20,23). The summed E-state index contributed by atoms with van der Waals surface area (Å²) in [5.74, 6) is 1.52. The molecule has 1 N–H and O–H groups in total. The first-order valence-corrected chi connectivity index (χ1v) is 8.65. The lowest BCUT2D eigenvalue weighted by molar-refractivity contribution is 0.0905. The maximum atomic E-state index is 12.4. The highest BCUT2D eigenvalue weighted by Gasteiger charge is 2.23. The van der Waals surface area contributed by atoms with Crippen molar-refractivity contribution in [3.05, 3.63) is 29.8 Å². The summed E-state index contributed by atoms with van der Waals surface area (Å²) in [5, 5.41) is 3.13. The smallest absolute Gasteiger partial charge is 0.251 e. The molecule has 0 aliphatic carbocycles. The molecule has 1 heterocycles. The SMILES string of the molecule is CC1CC(C)CN(CC(C)NC(=O)c2ccc(N(C)C)cc2)C1. The molecule has 1 amide bonds. The van der Waals surface area contributed by atoms with Crippen molar-refractivity contribution < 1.29 is 4.79 Å². The molecule has 4 nitrogen and oxygen atoms in total. The van der Waals surface area contributed by atoms with Crippen molar-refractivity contribution in [2.75, 3.05) is 38.6 Å². The van der Waals surface area contributed by atoms with E-state index in [1.165, 1.54) is 6.42 Å². The second-order valence-corrected chi connectivity index (χ2v) is 7.48. The third-order valence-corrected chi connectivity index (χ3v) is 4.50. The van der Waals surface area contributed by atoms with Gasteiger partial charge in [0.05, 0.1) is 0 Å². The molecule has 0 aromatic heterocycles. The number of hydrogen-bond donors (Lipinski definition) is 1. The Morgan fingerprint density at radius 3 is 2.30 bits per heavy atom. The average molecular weight is 317 g/mol. The van der Waals surface area contributed by atoms with E-state index in [0.29, 0.717) is 0 Å². The van der Waals surface area contributed by atoms with Crippen LogP contribution in [0, 0.1) is 11.8 Å². The van der Waals surface area contributed by atoms with Gasteiger partial charge in [0.1, 0.15) is 0 Å². The van der Waals surface area contributed by atoms with Crippen LogP contribution in [0.25, 0.3) is 0 Å². The predicted octanol–water partition coefficient (Wildman–Crippen LogP) is 2.85. The number of hydrogen-bond acceptors (Lipinski definition) is 3. The summed E-state index contributed by atoms with van der Waals surface area (Å²) in [5.41, 5.74) is 1.83. The summed E-state index contributed by atoms with van der Waals surface area (Å²) in [6, 6.07) is 7.90. The van der Waals surface area contributed by atoms with Crippen molar-refractivity contribution in [1.29, 1.82) is 0 Å². The van der Waals surface area contributed by atoms with E-state index in [2.05, 4.69) is 31.0 Å². The molecule has 2 rings (SSSR count). The van der Waals surface area contributed by atoms with Crippen LogP contribution < -0.4 is 10.2 Å². The van der Waals surface area contributed by atoms with Crippen LogP contribution in [0.4, 0.5) is 5.69 Å². The number of rotatable bonds is 5. The van der Waals surface area contributed by atoms with Gasteiger partial charge in [-0.25, -0.2) is 0 Å². The molecular formula is C19H31N3O. The van der Waals surface area contributed by atoms with E-state index in [1.807, 2.05) is 43.3 Å². The third kappa shape index (κ3) is 5.24. The van der Waals surface area contributed by atoms with Gasteiger partial charge in [-0.2, -0.15) is 0 Å². The summed E-state index contributed by atoms with van der Waals surface area (Å²) >= 11 is 0. The summed E-state index contributed by atoms with van der Waals surface area (Å²) in [6.45, 7) is 9.94. The molecule has 0 spiro atoms. The second-order valence-electron chi connectivity index (χ2n) is 7.48. The second kappa shape index (κ2) is 7.82. The number of benzene rings is 1. The fourth-order valence-electron chi connectivity index (χ4n) is 3.59. The van der Waals surface area contributed by atoms with Gasteiger partial charge in [0.2, 0.25) is 0 Å². The Labute approximate surface area is 140 Å². The van der Waals surface area contributed by atoms with Gasteiger partial charge < -0.3 is 15.1 Å². The van der Waals surface area contributed by atoms with Crippen molar-refractivity contribution in [2.45, 2.75) is 33.2 Å². The van der Waals surface area contributed by atoms with Gasteiger partial charge >= 0.3 is 0 Å². The van der Waals surface area contributed by atoms with Crippen LogP contribution >= 0.6 is 0 Å². The number of nitrogens with zero attached hydrogens (tertiary/aromatic N) is 2. The molecule has 23 heavy (non-hydrogen) atoms. The van der Waals surface area contributed by atoms with E-state index in [9.17, 15) is 4.79 Å². The quantitative estimate of drug-likeness (QED) is 0.907. The van der Waals surface area contributed by atoms with E-state index in [1.54, 1.807) is 0 Å². The summed E-state index contributed by atoms with van der Waals surface area (Å²) in [6.07, 6.45) is 1.31. The minimum atomic E-state index is 0.0147. The number of amides is 1. The van der Waals surface area contributed by atoms with Crippen LogP contribution in [0.5, 0.6) is 0 Å². The largest absolute Gasteiger partial charge is 0.378 e. The van der Waals surface area contributed by atoms with Gasteiger partial charge in [0.15, 0.2) is 0 Å². The van der Waals surface area contributed by atoms with E-state index in [0.717, 1.165) is 42.7 Å². The van der Waals surface area contributed by atoms with Gasteiger partial charge in [-0.3, -0.25) is 4.79 Å². The number of anilines is 1. The number of carbonyl (C=O) groups excluding carboxylic acids is 1. The van der Waals surface area contributed by atoms with Gasteiger partial charge in [-0.05, 0) is 49.4 Å². The van der Waals surface area contributed by atoms with Crippen LogP contribution in [-0.2, 0) is 0 Å². The molecule has 1 fully saturated rings. The van der Waals surface area contributed by atoms with Crippen LogP contribution in [-0.4, -0.2) is 50.6 Å². The fraction of sp³-hybridized carbons (Fsp3) is 0.632. The van der Waals surface area contributed by atoms with E-state index >= 15 is 0 Å². The molecule has 3 atom stereocenters. The average Bonchev–Trinajstić information content (AvgIpc) is 2.45. The first kappa shape index (κ1) is 17.8. The zero-order chi connectivity index (χ0) is 17.0. The molecule has 128 valence electrons. The van der Waals surface area contributed by atoms with Gasteiger partial charge in [0, 0.05) is 51.0 Å². The Balaban J connectivity index is 1.86. The summed E-state index contributed by atoms with van der Waals surface area (Å²) < 4.78 is 0. The number of carbonyl (C=O) groups is 1. The molecule has 0 radical (unpaired) electrons. The zero-order valence-corrected chi connectivity index (χ0v) is 15.2. The topological polar surface area (TPSA) is 35.6 Å². The molecule has 1 aromatic rings. The molecule has 1 aromatic carbocycles. The molecule has 0 saturated carbocycles. The van der Waals surface area contributed by atoms with Gasteiger partial charge in [0.25, 0.3) is 5.91 Å². The highest BCUT2D eigenvalue weighted by molar-refractivity contribution is 5.94. The third-order valence-electron chi connectivity index (χ3n) is 4.50. The Morgan fingerprint density at radius 1 is 1.22 bits per heavy atom. The van der Waals surface area contributed by atoms with Crippen LogP contribution in [0.15, 0.2) is 24.3 Å². The van der Waals surface area contributed by atoms with E-state index < -0.39 is 0 Å². The lowest BCUT2D eigenvalue weighted by Crippen LogP contribution is -2.47. The number of nitrogens with one attached hydrogen (secondary N) is 1. The van der Waals surface area contributed by atoms with Gasteiger partial charge in [-0.15, -0.1) is 0 Å². The molecule has 3 unspecified atom stereocenters. The van der Waals surface area contributed by atoms with Crippen molar-refractivity contribution in [1.82, 2.24) is 10.2 Å². The molecule has 1 saturated heterocycles. The Kier molecular flexibility index (Phi) is 6.05. The predicted molar refractivity (Wildman–Crippen MR) is 97.1 cm³/mol. The fourth-order valence-corrected chi connectivity index (χ4v) is 3.59. The zero-order valence-electron chi connectivity index (χ0n) is 15.2. The molecule has 4 heteroatoms. The Bertz CT molecular complexity index is 502. The van der Waals surface area contributed by atoms with Gasteiger partial charge in [-0.1, -0.05) is 13.8 Å². The van der Waals surface area contributed by atoms with Crippen LogP contribution in [0.3, 0.4) is 0 Å². The maximum absolute atomic E-state index is 12.4. The minimum Gasteiger partial charge on any atom is -0.378 e. The molecule has 1 aliphatic rings. The van der Waals surface area contributed by atoms with Crippen molar-refractivity contribution in [3.63, 3.8) is 0 Å². The van der Waals surface area contributed by atoms with Crippen molar-refractivity contribution in [2.24, 2.45) is 11.8 Å². The highest BCUT2D eigenvalue weighted by Crippen LogP contribution is 2.21. The lowest BCUT2D eigenvalue weighted by Gasteiger charge is -2.36. The molecule has 0 bridgehead atoms. The lowest BCUT2D eigenvalue weighted by atomic mass is 9.92. The monoisotopic (exact) mass is 317 g/mol. The van der Waals surface area contributed by atoms with Crippen molar-refractivity contribution >= 4 is 11.6 Å². The first-order valence-electron chi connectivity index (χ1n) is 8.65. The maximum Gasteiger partial charge on any atom is 0.251 e. The molecular weight excluding hydrogens is 286 g/mol. The van der Waals surface area contributed by atoms with E-state index in [4.69, 9.17) is 0 Å². The summed E-state index contributed by atoms with van der Waals surface area (Å²) in [4.78, 5) is 16.9. The van der Waals surface area contributed by atoms with E-state index in [-0.39, 0.29) is 11.9 Å². The Hall–Kier alpha value is -1.55. The Morgan fingerprint density at radius 2 is 1.78 bits per heavy atom. The highest BCUT2D eigenvalue weighted by atomic mass is 16.1. The summed E-state index contributed by atoms with van der Waals surface area (Å²) in [7, 11) is 4.00. The minimum absolute atomic E-state index is 0.0147. The number of likely N-dealkylation sites (tertiary alicyclic amines) is 1. The van der Waals surface area contributed by atoms with Crippen molar-refractivity contribution in [3.8, 4) is 0 Å². The number of piperidine rings is 1. The molecule has 1 aliphatic heterocycles. The van der Waals surface area contributed by atoms with Crippen LogP contribution in [0.2, 0.25) is 0 Å². The normalized spacial score (nSPS) is 23.3. The van der Waals surface area contributed by atoms with Crippen LogP contribution in [0.1, 0.15) is 37.6 Å².